The molecular formula is C23H30N2O5. The number of carbonyl (C=O) groups excluding carboxylic acids is 1. The lowest BCUT2D eigenvalue weighted by atomic mass is 9.87. The standard InChI is InChI=1S/C23H30N2O5/c1-24-23(30)19-21(28)22(29)20(27)18(14-26)25(19)13-5-6-15-9-11-17(12-10-15)16-7-3-2-4-8-16/h2-4,7-12,18-22,26-29H,5-6,13-14H2,1H3,(H,24,30). The molecule has 162 valence electrons. The van der Waals surface area contributed by atoms with E-state index in [9.17, 15) is 25.2 Å². The van der Waals surface area contributed by atoms with Gasteiger partial charge in [0.1, 0.15) is 24.4 Å². The van der Waals surface area contributed by atoms with E-state index in [0.29, 0.717) is 13.0 Å². The zero-order valence-corrected chi connectivity index (χ0v) is 17.1. The number of nitrogens with zero attached hydrogens (tertiary/aromatic N) is 1. The molecular weight excluding hydrogens is 384 g/mol. The van der Waals surface area contributed by atoms with Crippen molar-refractivity contribution in [2.45, 2.75) is 43.2 Å². The topological polar surface area (TPSA) is 113 Å². The molecule has 0 radical (unpaired) electrons. The van der Waals surface area contributed by atoms with Crippen LogP contribution in [0.4, 0.5) is 0 Å². The Morgan fingerprint density at radius 1 is 0.933 bits per heavy atom. The molecule has 0 saturated carbocycles. The maximum atomic E-state index is 12.3. The number of carbonyl (C=O) groups is 1. The average Bonchev–Trinajstić information content (AvgIpc) is 2.78. The predicted molar refractivity (Wildman–Crippen MR) is 114 cm³/mol. The Labute approximate surface area is 176 Å². The van der Waals surface area contributed by atoms with Crippen LogP contribution in [-0.4, -0.2) is 81.8 Å². The monoisotopic (exact) mass is 414 g/mol. The quantitative estimate of drug-likeness (QED) is 0.441. The summed E-state index contributed by atoms with van der Waals surface area (Å²) in [5.74, 6) is -0.459. The molecule has 30 heavy (non-hydrogen) atoms. The Hall–Kier alpha value is -2.29. The molecule has 1 saturated heterocycles. The summed E-state index contributed by atoms with van der Waals surface area (Å²) < 4.78 is 0. The van der Waals surface area contributed by atoms with Gasteiger partial charge in [-0.25, -0.2) is 0 Å². The van der Waals surface area contributed by atoms with Crippen molar-refractivity contribution in [1.82, 2.24) is 10.2 Å². The molecule has 5 N–H and O–H groups in total. The van der Waals surface area contributed by atoms with Gasteiger partial charge in [0.2, 0.25) is 5.91 Å². The summed E-state index contributed by atoms with van der Waals surface area (Å²) in [6.07, 6.45) is -2.88. The first-order chi connectivity index (χ1) is 14.5. The molecule has 1 aliphatic rings. The molecule has 1 amide bonds. The maximum absolute atomic E-state index is 12.3. The number of aliphatic hydroxyl groups excluding tert-OH is 4. The fourth-order valence-electron chi connectivity index (χ4n) is 4.15. The highest BCUT2D eigenvalue weighted by atomic mass is 16.4. The van der Waals surface area contributed by atoms with E-state index >= 15 is 0 Å². The fourth-order valence-corrected chi connectivity index (χ4v) is 4.15. The van der Waals surface area contributed by atoms with E-state index < -0.39 is 42.9 Å². The van der Waals surface area contributed by atoms with Crippen LogP contribution in [0.25, 0.3) is 11.1 Å². The molecule has 2 aromatic carbocycles. The van der Waals surface area contributed by atoms with Crippen LogP contribution < -0.4 is 5.32 Å². The maximum Gasteiger partial charge on any atom is 0.239 e. The molecule has 7 heteroatoms. The summed E-state index contributed by atoms with van der Waals surface area (Å²) in [5, 5.41) is 42.9. The molecule has 0 bridgehead atoms. The first-order valence-electron chi connectivity index (χ1n) is 10.2. The van der Waals surface area contributed by atoms with Crippen molar-refractivity contribution in [2.24, 2.45) is 0 Å². The number of likely N-dealkylation sites (N-methyl/N-ethyl adjacent to an activating group) is 1. The van der Waals surface area contributed by atoms with Gasteiger partial charge in [0.15, 0.2) is 0 Å². The molecule has 1 fully saturated rings. The van der Waals surface area contributed by atoms with Crippen LogP contribution in [0.3, 0.4) is 0 Å². The van der Waals surface area contributed by atoms with Gasteiger partial charge in [-0.05, 0) is 36.1 Å². The Kier molecular flexibility index (Phi) is 7.58. The number of rotatable bonds is 7. The number of likely N-dealkylation sites (tertiary alicyclic amines) is 1. The number of benzene rings is 2. The van der Waals surface area contributed by atoms with Crippen molar-refractivity contribution in [3.63, 3.8) is 0 Å². The normalized spacial score (nSPS) is 27.0. The van der Waals surface area contributed by atoms with Crippen molar-refractivity contribution in [1.29, 1.82) is 0 Å². The minimum Gasteiger partial charge on any atom is -0.395 e. The number of hydrogen-bond donors (Lipinski definition) is 5. The van der Waals surface area contributed by atoms with Crippen LogP contribution in [-0.2, 0) is 11.2 Å². The summed E-state index contributed by atoms with van der Waals surface area (Å²) in [5.41, 5.74) is 3.42. The number of nitrogens with one attached hydrogen (secondary N) is 1. The van der Waals surface area contributed by atoms with Gasteiger partial charge >= 0.3 is 0 Å². The number of piperidine rings is 1. The SMILES string of the molecule is CNC(=O)C1C(O)C(O)C(O)C(CO)N1CCCc1ccc(-c2ccccc2)cc1. The largest absolute Gasteiger partial charge is 0.395 e. The molecule has 0 aromatic heterocycles. The summed E-state index contributed by atoms with van der Waals surface area (Å²) in [7, 11) is 1.45. The first-order valence-corrected chi connectivity index (χ1v) is 10.2. The van der Waals surface area contributed by atoms with E-state index in [1.807, 2.05) is 18.2 Å². The Morgan fingerprint density at radius 3 is 2.17 bits per heavy atom. The molecule has 1 heterocycles. The first kappa shape index (κ1) is 22.4. The molecule has 0 spiro atoms. The third-order valence-electron chi connectivity index (χ3n) is 5.85. The Morgan fingerprint density at radius 2 is 1.57 bits per heavy atom. The average molecular weight is 415 g/mol. The predicted octanol–water partition coefficient (Wildman–Crippen LogP) is 0.160. The lowest BCUT2D eigenvalue weighted by Crippen LogP contribution is -2.70. The van der Waals surface area contributed by atoms with Crippen LogP contribution in [0.2, 0.25) is 0 Å². The summed E-state index contributed by atoms with van der Waals surface area (Å²) in [6.45, 7) is -0.0468. The van der Waals surface area contributed by atoms with Crippen LogP contribution in [0.5, 0.6) is 0 Å². The Balaban J connectivity index is 1.67. The zero-order chi connectivity index (χ0) is 21.7. The highest BCUT2D eigenvalue weighted by molar-refractivity contribution is 5.82. The van der Waals surface area contributed by atoms with Gasteiger partial charge in [0, 0.05) is 7.05 Å². The van der Waals surface area contributed by atoms with Crippen molar-refractivity contribution < 1.29 is 25.2 Å². The molecule has 5 atom stereocenters. The van der Waals surface area contributed by atoms with E-state index in [1.165, 1.54) is 7.05 Å². The molecule has 0 aliphatic carbocycles. The van der Waals surface area contributed by atoms with E-state index in [0.717, 1.165) is 23.1 Å². The summed E-state index contributed by atoms with van der Waals surface area (Å²) >= 11 is 0. The van der Waals surface area contributed by atoms with Crippen molar-refractivity contribution >= 4 is 5.91 Å². The number of aryl methyl sites for hydroxylation is 1. The molecule has 5 unspecified atom stereocenters. The van der Waals surface area contributed by atoms with E-state index in [2.05, 4.69) is 41.7 Å². The van der Waals surface area contributed by atoms with Crippen LogP contribution in [0.1, 0.15) is 12.0 Å². The molecule has 1 aliphatic heterocycles. The summed E-state index contributed by atoms with van der Waals surface area (Å²) in [6, 6.07) is 16.5. The fraction of sp³-hybridized carbons (Fsp3) is 0.435. The highest BCUT2D eigenvalue weighted by Crippen LogP contribution is 2.26. The number of amides is 1. The smallest absolute Gasteiger partial charge is 0.239 e. The summed E-state index contributed by atoms with van der Waals surface area (Å²) in [4.78, 5) is 13.9. The van der Waals surface area contributed by atoms with Crippen molar-refractivity contribution in [3.05, 3.63) is 60.2 Å². The van der Waals surface area contributed by atoms with Gasteiger partial charge in [0.05, 0.1) is 12.6 Å². The zero-order valence-electron chi connectivity index (χ0n) is 17.1. The van der Waals surface area contributed by atoms with Gasteiger partial charge in [-0.2, -0.15) is 0 Å². The molecule has 7 nitrogen and oxygen atoms in total. The van der Waals surface area contributed by atoms with E-state index in [4.69, 9.17) is 0 Å². The third-order valence-corrected chi connectivity index (χ3v) is 5.85. The van der Waals surface area contributed by atoms with Gasteiger partial charge in [-0.1, -0.05) is 54.6 Å². The minimum absolute atomic E-state index is 0.380. The van der Waals surface area contributed by atoms with Crippen LogP contribution >= 0.6 is 0 Å². The number of aliphatic hydroxyl groups is 4. The second-order valence-electron chi connectivity index (χ2n) is 7.69. The van der Waals surface area contributed by atoms with Crippen LogP contribution in [0.15, 0.2) is 54.6 Å². The van der Waals surface area contributed by atoms with Gasteiger partial charge in [-0.15, -0.1) is 0 Å². The highest BCUT2D eigenvalue weighted by Gasteiger charge is 2.49. The second kappa shape index (κ2) is 10.1. The van der Waals surface area contributed by atoms with Gasteiger partial charge in [0.25, 0.3) is 0 Å². The second-order valence-corrected chi connectivity index (χ2v) is 7.69. The lowest BCUT2D eigenvalue weighted by molar-refractivity contribution is -0.178. The van der Waals surface area contributed by atoms with Gasteiger partial charge < -0.3 is 25.7 Å². The molecule has 2 aromatic rings. The lowest BCUT2D eigenvalue weighted by Gasteiger charge is -2.47. The van der Waals surface area contributed by atoms with Crippen LogP contribution in [0, 0.1) is 0 Å². The van der Waals surface area contributed by atoms with Crippen molar-refractivity contribution in [3.8, 4) is 11.1 Å². The number of hydrogen-bond acceptors (Lipinski definition) is 6. The van der Waals surface area contributed by atoms with Crippen molar-refractivity contribution in [2.75, 3.05) is 20.2 Å². The minimum atomic E-state index is -1.49. The third kappa shape index (κ3) is 4.71. The van der Waals surface area contributed by atoms with E-state index in [1.54, 1.807) is 4.90 Å². The van der Waals surface area contributed by atoms with E-state index in [-0.39, 0.29) is 0 Å². The Bertz CT molecular complexity index is 814. The van der Waals surface area contributed by atoms with Gasteiger partial charge in [-0.3, -0.25) is 9.69 Å². The molecule has 3 rings (SSSR count).